The lowest BCUT2D eigenvalue weighted by Gasteiger charge is -2.54. The summed E-state index contributed by atoms with van der Waals surface area (Å²) in [6.45, 7) is -0.0504. The van der Waals surface area contributed by atoms with Crippen molar-refractivity contribution in [1.29, 1.82) is 0 Å². The highest BCUT2D eigenvalue weighted by atomic mass is 35.5. The Morgan fingerprint density at radius 2 is 1.42 bits per heavy atom. The Labute approximate surface area is 259 Å². The fraction of sp³-hybridized carbons (Fsp3) is 0.567. The Morgan fingerprint density at radius 1 is 0.867 bits per heavy atom. The average molecular weight is 684 g/mol. The van der Waals surface area contributed by atoms with Crippen molar-refractivity contribution in [2.24, 2.45) is 10.8 Å². The van der Waals surface area contributed by atoms with Gasteiger partial charge in [-0.05, 0) is 86.8 Å². The van der Waals surface area contributed by atoms with Crippen LogP contribution in [0.15, 0.2) is 47.4 Å². The molecule has 2 aromatic carbocycles. The fourth-order valence-corrected chi connectivity index (χ4v) is 10.7. The maximum atomic E-state index is 15.1. The minimum Gasteiger partial charge on any atom is -0.368 e. The van der Waals surface area contributed by atoms with Gasteiger partial charge in [-0.3, -0.25) is 4.79 Å². The molecule has 1 aliphatic heterocycles. The van der Waals surface area contributed by atoms with Gasteiger partial charge in [0.1, 0.15) is 4.75 Å². The minimum atomic E-state index is -6.36. The molecule has 4 aliphatic carbocycles. The monoisotopic (exact) mass is 683 g/mol. The summed E-state index contributed by atoms with van der Waals surface area (Å²) >= 11 is 5.96. The van der Waals surface area contributed by atoms with Gasteiger partial charge < -0.3 is 15.1 Å². The number of aliphatic hydroxyl groups is 2. The molecular weight excluding hydrogens is 655 g/mol. The molecule has 7 rings (SSSR count). The number of aliphatic hydroxyl groups excluding tert-OH is 1. The second-order valence-corrected chi connectivity index (χ2v) is 15.5. The van der Waals surface area contributed by atoms with E-state index in [-0.39, 0.29) is 39.9 Å². The summed E-state index contributed by atoms with van der Waals surface area (Å²) < 4.78 is 124. The van der Waals surface area contributed by atoms with Crippen molar-refractivity contribution < 1.29 is 54.2 Å². The normalized spacial score (nSPS) is 30.1. The van der Waals surface area contributed by atoms with E-state index in [1.165, 1.54) is 29.2 Å². The first-order valence-electron chi connectivity index (χ1n) is 14.4. The summed E-state index contributed by atoms with van der Waals surface area (Å²) in [6, 6.07) is 5.49. The Balaban J connectivity index is 1.46. The number of rotatable bonds is 5. The quantitative estimate of drug-likeness (QED) is 0.293. The van der Waals surface area contributed by atoms with Crippen LogP contribution in [0.1, 0.15) is 61.6 Å². The second kappa shape index (κ2) is 10.0. The van der Waals surface area contributed by atoms with Gasteiger partial charge in [0.2, 0.25) is 5.91 Å². The summed E-state index contributed by atoms with van der Waals surface area (Å²) in [5, 5.41) is 20.1. The number of likely N-dealkylation sites (tertiary alicyclic amines) is 1. The van der Waals surface area contributed by atoms with Crippen molar-refractivity contribution in [1.82, 2.24) is 4.90 Å². The predicted molar refractivity (Wildman–Crippen MR) is 146 cm³/mol. The van der Waals surface area contributed by atoms with Crippen LogP contribution in [0.25, 0.3) is 0 Å². The van der Waals surface area contributed by atoms with Crippen molar-refractivity contribution in [2.75, 3.05) is 6.54 Å². The topological polar surface area (TPSA) is 94.9 Å². The molecule has 4 fully saturated rings. The van der Waals surface area contributed by atoms with E-state index in [1.807, 2.05) is 0 Å². The molecule has 246 valence electrons. The van der Waals surface area contributed by atoms with E-state index in [1.54, 1.807) is 0 Å². The molecule has 2 bridgehead atoms. The number of halogens is 8. The van der Waals surface area contributed by atoms with Crippen molar-refractivity contribution in [3.63, 3.8) is 0 Å². The molecule has 2 atom stereocenters. The molecule has 5 aliphatic rings. The summed E-state index contributed by atoms with van der Waals surface area (Å²) in [6.07, 6.45) is -12.9. The van der Waals surface area contributed by atoms with E-state index in [4.69, 9.17) is 11.6 Å². The molecule has 2 unspecified atom stereocenters. The van der Waals surface area contributed by atoms with Gasteiger partial charge in [0.05, 0.1) is 10.9 Å². The highest BCUT2D eigenvalue weighted by Gasteiger charge is 2.74. The lowest BCUT2D eigenvalue weighted by molar-refractivity contribution is -0.348. The van der Waals surface area contributed by atoms with Crippen molar-refractivity contribution in [3.05, 3.63) is 64.2 Å². The van der Waals surface area contributed by atoms with Crippen LogP contribution in [0.4, 0.5) is 30.7 Å². The largest absolute Gasteiger partial charge is 0.435 e. The predicted octanol–water partition coefficient (Wildman–Crippen LogP) is 6.11. The zero-order valence-electron chi connectivity index (χ0n) is 23.6. The fourth-order valence-electron chi connectivity index (χ4n) is 8.29. The number of amides is 1. The zero-order valence-corrected chi connectivity index (χ0v) is 25.1. The Morgan fingerprint density at radius 3 is 1.93 bits per heavy atom. The number of carbonyl (C=O) groups is 1. The first-order chi connectivity index (χ1) is 20.8. The molecular formula is C30H29ClF7NO5S. The van der Waals surface area contributed by atoms with E-state index in [0.29, 0.717) is 50.7 Å². The summed E-state index contributed by atoms with van der Waals surface area (Å²) in [5.41, 5.74) is -9.43. The molecule has 3 saturated carbocycles. The van der Waals surface area contributed by atoms with Gasteiger partial charge >= 0.3 is 18.0 Å². The molecule has 2 aromatic rings. The van der Waals surface area contributed by atoms with Crippen molar-refractivity contribution in [2.45, 2.75) is 91.4 Å². The van der Waals surface area contributed by atoms with Gasteiger partial charge in [-0.2, -0.15) is 26.3 Å². The highest BCUT2D eigenvalue weighted by Crippen LogP contribution is 2.62. The third-order valence-corrected chi connectivity index (χ3v) is 13.8. The molecule has 1 amide bonds. The van der Waals surface area contributed by atoms with Crippen molar-refractivity contribution in [3.8, 4) is 0 Å². The van der Waals surface area contributed by atoms with Crippen LogP contribution in [0.5, 0.6) is 0 Å². The maximum Gasteiger partial charge on any atom is 0.435 e. The zero-order chi connectivity index (χ0) is 33.0. The van der Waals surface area contributed by atoms with Crippen molar-refractivity contribution >= 4 is 27.3 Å². The molecule has 1 heterocycles. The lowest BCUT2D eigenvalue weighted by Crippen LogP contribution is -2.56. The molecule has 45 heavy (non-hydrogen) atoms. The van der Waals surface area contributed by atoms with E-state index < -0.39 is 67.8 Å². The van der Waals surface area contributed by atoms with Gasteiger partial charge in [0.15, 0.2) is 16.1 Å². The molecule has 15 heteroatoms. The van der Waals surface area contributed by atoms with Crippen LogP contribution in [-0.4, -0.2) is 60.7 Å². The number of fused-ring (bicyclic) bond motifs is 6. The van der Waals surface area contributed by atoms with E-state index in [9.17, 15) is 49.8 Å². The van der Waals surface area contributed by atoms with Crippen LogP contribution >= 0.6 is 11.6 Å². The summed E-state index contributed by atoms with van der Waals surface area (Å²) in [5.74, 6) is -0.389. The highest BCUT2D eigenvalue weighted by molar-refractivity contribution is 7.92. The average Bonchev–Trinajstić information content (AvgIpc) is 3.52. The second-order valence-electron chi connectivity index (χ2n) is 12.9. The van der Waals surface area contributed by atoms with Crippen LogP contribution in [0.3, 0.4) is 0 Å². The van der Waals surface area contributed by atoms with Crippen LogP contribution < -0.4 is 0 Å². The van der Waals surface area contributed by atoms with E-state index >= 15 is 4.39 Å². The summed E-state index contributed by atoms with van der Waals surface area (Å²) in [4.78, 5) is 15.5. The van der Waals surface area contributed by atoms with Gasteiger partial charge in [0, 0.05) is 28.0 Å². The van der Waals surface area contributed by atoms with E-state index in [2.05, 4.69) is 0 Å². The number of nitrogens with zero attached hydrogens (tertiary/aromatic N) is 1. The Hall–Kier alpha value is -2.42. The van der Waals surface area contributed by atoms with Gasteiger partial charge in [-0.15, -0.1) is 0 Å². The minimum absolute atomic E-state index is 0.0504. The number of benzene rings is 2. The third-order valence-electron chi connectivity index (χ3n) is 11.0. The number of hydrogen-bond donors (Lipinski definition) is 2. The molecule has 2 N–H and O–H groups in total. The van der Waals surface area contributed by atoms with Crippen LogP contribution in [0, 0.1) is 10.8 Å². The Kier molecular flexibility index (Phi) is 7.26. The maximum absolute atomic E-state index is 15.1. The standard InChI is InChI=1S/C30H29ClF7NO5S/c31-19-2-4-20(5-3-19)45(43,44)27-13-14-39(23(40)25-7-10-26(11-8-25,12-9-25)24(41)42)22(27)16-17-15-18(1-6-21(17)27)28(32,29(33,34)35)30(36,37)38/h1-6,15,22,24,41-42H,7-14,16H2. The van der Waals surface area contributed by atoms with Gasteiger partial charge in [-0.25, -0.2) is 12.8 Å². The van der Waals surface area contributed by atoms with Crippen LogP contribution in [-0.2, 0) is 31.5 Å². The number of carbonyl (C=O) groups excluding carboxylic acids is 1. The van der Waals surface area contributed by atoms with E-state index in [0.717, 1.165) is 6.07 Å². The molecule has 1 saturated heterocycles. The lowest BCUT2D eigenvalue weighted by atomic mass is 9.53. The number of alkyl halides is 7. The SMILES string of the molecule is O=C(N1CCC2(S(=O)(=O)c3ccc(Cl)cc3)c3ccc(C(F)(C(F)(F)F)C(F)(F)F)cc3CC12)C12CCC(C(O)O)(CC1)CC2. The summed E-state index contributed by atoms with van der Waals surface area (Å²) in [7, 11) is -4.46. The smallest absolute Gasteiger partial charge is 0.368 e. The first kappa shape index (κ1) is 32.5. The molecule has 0 spiro atoms. The van der Waals surface area contributed by atoms with Gasteiger partial charge in [-0.1, -0.05) is 29.8 Å². The molecule has 0 radical (unpaired) electrons. The first-order valence-corrected chi connectivity index (χ1v) is 16.3. The Bertz CT molecular complexity index is 1600. The third kappa shape index (κ3) is 4.34. The number of sulfone groups is 1. The van der Waals surface area contributed by atoms with Gasteiger partial charge in [0.25, 0.3) is 0 Å². The molecule has 0 aromatic heterocycles. The molecule has 6 nitrogen and oxygen atoms in total. The van der Waals surface area contributed by atoms with Crippen LogP contribution in [0.2, 0.25) is 5.02 Å². The number of hydrogen-bond acceptors (Lipinski definition) is 5.